The number of benzene rings is 3. The van der Waals surface area contributed by atoms with Crippen molar-refractivity contribution in [1.82, 2.24) is 30.5 Å². The lowest BCUT2D eigenvalue weighted by Gasteiger charge is -2.30. The van der Waals surface area contributed by atoms with Crippen LogP contribution in [0.4, 0.5) is 0 Å². The number of nitrogens with zero attached hydrogens (tertiary/aromatic N) is 4. The third-order valence-corrected chi connectivity index (χ3v) is 14.5. The van der Waals surface area contributed by atoms with Gasteiger partial charge in [-0.25, -0.2) is 4.68 Å². The Morgan fingerprint density at radius 1 is 0.759 bits per heavy atom. The van der Waals surface area contributed by atoms with Gasteiger partial charge in [-0.15, -0.1) is 5.10 Å². The Balaban J connectivity index is 1.22. The number of aromatic nitrogens is 3. The topological polar surface area (TPSA) is 253 Å². The van der Waals surface area contributed by atoms with Crippen LogP contribution in [-0.4, -0.2) is 160 Å². The Hall–Kier alpha value is -5.78. The Morgan fingerprint density at radius 2 is 1.35 bits per heavy atom. The second kappa shape index (κ2) is 33.1. The number of methoxy groups -OCH3 is 1. The molecule has 21 heteroatoms. The number of carbonyl (C=O) groups excluding carboxylic acids is 5. The van der Waals surface area contributed by atoms with Crippen LogP contribution in [0.2, 0.25) is 0 Å². The minimum Gasteiger partial charge on any atom is -0.487 e. The number of morpholine rings is 1. The molecule has 4 aromatic rings. The fourth-order valence-electron chi connectivity index (χ4n) is 8.93. The molecule has 3 aromatic carbocycles. The number of ketones is 3. The van der Waals surface area contributed by atoms with Crippen molar-refractivity contribution in [2.24, 2.45) is 23.7 Å². The van der Waals surface area contributed by atoms with E-state index in [4.69, 9.17) is 27.9 Å². The minimum atomic E-state index is -4.52. The van der Waals surface area contributed by atoms with E-state index in [1.165, 1.54) is 24.3 Å². The molecule has 3 N–H and O–H groups in total. The Labute approximate surface area is 465 Å². The number of carbonyl (C=O) groups is 5. The summed E-state index contributed by atoms with van der Waals surface area (Å²) in [6.07, 6.45) is 2.75. The molecule has 1 aromatic heterocycles. The fourth-order valence-corrected chi connectivity index (χ4v) is 9.92. The summed E-state index contributed by atoms with van der Waals surface area (Å²) in [4.78, 5) is 72.9. The van der Waals surface area contributed by atoms with Crippen molar-refractivity contribution in [3.05, 3.63) is 108 Å². The molecule has 0 radical (unpaired) electrons. The van der Waals surface area contributed by atoms with Gasteiger partial charge in [-0.3, -0.25) is 33.1 Å². The largest absolute Gasteiger partial charge is 0.487 e. The lowest BCUT2D eigenvalue weighted by molar-refractivity contribution is -0.143. The van der Waals surface area contributed by atoms with Crippen molar-refractivity contribution in [3.8, 4) is 5.75 Å². The van der Waals surface area contributed by atoms with Crippen molar-refractivity contribution in [3.63, 3.8) is 0 Å². The zero-order chi connectivity index (χ0) is 57.2. The molecule has 0 unspecified atom stereocenters. The van der Waals surface area contributed by atoms with E-state index in [1.54, 1.807) is 18.0 Å². The molecular weight excluding hydrogens is 1040 g/mol. The molecule has 434 valence electrons. The third-order valence-electron chi connectivity index (χ3n) is 13.2. The first kappa shape index (κ1) is 64.0. The molecule has 79 heavy (non-hydrogen) atoms. The third kappa shape index (κ3) is 23.1. The molecular formula is C58H82N6O14S. The highest BCUT2D eigenvalue weighted by Gasteiger charge is 2.40. The number of hydrogen-bond donors (Lipinski definition) is 3. The van der Waals surface area contributed by atoms with E-state index in [-0.39, 0.29) is 67.8 Å². The molecule has 5 atom stereocenters. The van der Waals surface area contributed by atoms with Gasteiger partial charge in [-0.1, -0.05) is 93.6 Å². The summed E-state index contributed by atoms with van der Waals surface area (Å²) in [5, 5.41) is 25.6. The van der Waals surface area contributed by atoms with Crippen LogP contribution in [0.3, 0.4) is 0 Å². The van der Waals surface area contributed by atoms with Crippen LogP contribution in [0.1, 0.15) is 83.5 Å². The monoisotopic (exact) mass is 1120 g/mol. The predicted molar refractivity (Wildman–Crippen MR) is 294 cm³/mol. The van der Waals surface area contributed by atoms with E-state index in [0.29, 0.717) is 90.2 Å². The smallest absolute Gasteiger partial charge is 0.297 e. The van der Waals surface area contributed by atoms with Crippen LogP contribution in [-0.2, 0) is 83.2 Å². The van der Waals surface area contributed by atoms with Gasteiger partial charge < -0.3 is 39.4 Å². The number of nitrogens with one attached hydrogen (secondary N) is 2. The maximum Gasteiger partial charge on any atom is 0.297 e. The molecule has 1 aliphatic heterocycles. The van der Waals surface area contributed by atoms with Gasteiger partial charge in [0, 0.05) is 44.9 Å². The molecule has 1 aliphatic rings. The highest BCUT2D eigenvalue weighted by molar-refractivity contribution is 7.86. The average Bonchev–Trinajstić information content (AvgIpc) is 3.90. The van der Waals surface area contributed by atoms with Crippen LogP contribution in [0.25, 0.3) is 0 Å². The number of aliphatic hydroxyl groups is 1. The molecule has 0 saturated carbocycles. The lowest BCUT2D eigenvalue weighted by Crippen LogP contribution is -2.54. The second-order valence-electron chi connectivity index (χ2n) is 21.1. The van der Waals surface area contributed by atoms with Gasteiger partial charge in [0.15, 0.2) is 11.6 Å². The quantitative estimate of drug-likeness (QED) is 0.0395. The fraction of sp³-hybridized carbons (Fsp3) is 0.569. The van der Waals surface area contributed by atoms with Crippen LogP contribution < -0.4 is 15.4 Å². The van der Waals surface area contributed by atoms with Gasteiger partial charge in [0.1, 0.15) is 36.0 Å². The molecule has 1 fully saturated rings. The lowest BCUT2D eigenvalue weighted by atomic mass is 9.86. The number of Topliss-reactive ketones (excluding diaryl/α,β-unsaturated/α-hetero) is 3. The van der Waals surface area contributed by atoms with E-state index < -0.39 is 69.6 Å². The highest BCUT2D eigenvalue weighted by Crippen LogP contribution is 2.24. The summed E-state index contributed by atoms with van der Waals surface area (Å²) < 4.78 is 60.9. The molecule has 0 aliphatic carbocycles. The summed E-state index contributed by atoms with van der Waals surface area (Å²) in [6.45, 7) is 13.0. The van der Waals surface area contributed by atoms with E-state index in [2.05, 4.69) is 20.9 Å². The Kier molecular flexibility index (Phi) is 26.8. The Bertz CT molecular complexity index is 2590. The van der Waals surface area contributed by atoms with E-state index >= 15 is 0 Å². The Morgan fingerprint density at radius 3 is 2.00 bits per heavy atom. The second-order valence-corrected chi connectivity index (χ2v) is 22.7. The molecule has 5 rings (SSSR count). The molecule has 2 heterocycles. The van der Waals surface area contributed by atoms with Gasteiger partial charge >= 0.3 is 0 Å². The number of hydrogen-bond acceptors (Lipinski definition) is 17. The summed E-state index contributed by atoms with van der Waals surface area (Å²) in [7, 11) is -2.91. The minimum absolute atomic E-state index is 0.00762. The standard InChI is InChI=1S/C58H82N6O14S/c1-42(2)33-52(59-56(68)46(18-17-44-13-9-7-10-14-44)36-49(65)39-63-23-26-74-27-24-63)54(66)37-47(35-45-15-11-8-12-16-45)57(69)60-53(34-43(3)4)55(67)58(5,70)41-78-79(71,72)51-21-19-50(20-22-51)77-40-48-38-64(62-61-48)25-28-75-31-32-76-30-29-73-6/h7-16,19-22,38,42-43,46-47,52-53,70H,17-18,23-37,39-41H2,1-6H3,(H,59,68)(H,60,69)/t46-,47-,52+,53+,58-/m1/s1. The van der Waals surface area contributed by atoms with E-state index in [9.17, 15) is 37.5 Å². The van der Waals surface area contributed by atoms with Gasteiger partial charge in [0.05, 0.1) is 82.5 Å². The number of amides is 2. The normalized spacial score (nSPS) is 15.5. The first-order valence-electron chi connectivity index (χ1n) is 27.3. The summed E-state index contributed by atoms with van der Waals surface area (Å²) in [6, 6.07) is 21.8. The maximum atomic E-state index is 14.6. The van der Waals surface area contributed by atoms with Gasteiger partial charge in [0.25, 0.3) is 10.1 Å². The molecule has 0 spiro atoms. The molecule has 1 saturated heterocycles. The summed E-state index contributed by atoms with van der Waals surface area (Å²) in [5.74, 6) is -4.06. The van der Waals surface area contributed by atoms with Crippen LogP contribution in [0, 0.1) is 23.7 Å². The first-order valence-corrected chi connectivity index (χ1v) is 28.7. The molecule has 0 bridgehead atoms. The first-order chi connectivity index (χ1) is 37.8. The summed E-state index contributed by atoms with van der Waals surface area (Å²) >= 11 is 0. The van der Waals surface area contributed by atoms with Crippen molar-refractivity contribution in [1.29, 1.82) is 0 Å². The number of aryl methyl sites for hydroxylation is 1. The van der Waals surface area contributed by atoms with Crippen LogP contribution in [0.15, 0.2) is 96.0 Å². The van der Waals surface area contributed by atoms with Crippen LogP contribution >= 0.6 is 0 Å². The molecule has 20 nitrogen and oxygen atoms in total. The van der Waals surface area contributed by atoms with E-state index in [1.807, 2.05) is 93.3 Å². The molecule has 2 amide bonds. The predicted octanol–water partition coefficient (Wildman–Crippen LogP) is 4.98. The maximum absolute atomic E-state index is 14.6. The van der Waals surface area contributed by atoms with Gasteiger partial charge in [-0.05, 0) is 86.3 Å². The van der Waals surface area contributed by atoms with Crippen molar-refractivity contribution >= 4 is 39.3 Å². The summed E-state index contributed by atoms with van der Waals surface area (Å²) in [5.41, 5.74) is -0.111. The van der Waals surface area contributed by atoms with Crippen molar-refractivity contribution in [2.45, 2.75) is 115 Å². The SMILES string of the molecule is COCCOCCOCCn1cc(COc2ccc(S(=O)(=O)OC[C@@](C)(O)C(=O)[C@H](CC(C)C)NC(=O)[C@@H](CC(=O)[C@H](CC(C)C)NC(=O)[C@H](CCc3ccccc3)CC(=O)CN3CCOCC3)Cc3ccccc3)cc2)nn1. The highest BCUT2D eigenvalue weighted by atomic mass is 32.2. The van der Waals surface area contributed by atoms with Crippen LogP contribution in [0.5, 0.6) is 5.75 Å². The van der Waals surface area contributed by atoms with Gasteiger partial charge in [0.2, 0.25) is 11.8 Å². The van der Waals surface area contributed by atoms with Crippen molar-refractivity contribution < 1.29 is 65.4 Å². The average molecular weight is 1120 g/mol. The number of rotatable bonds is 38. The van der Waals surface area contributed by atoms with Crippen molar-refractivity contribution in [2.75, 3.05) is 79.6 Å². The van der Waals surface area contributed by atoms with E-state index in [0.717, 1.165) is 18.1 Å². The zero-order valence-corrected chi connectivity index (χ0v) is 47.5. The van der Waals surface area contributed by atoms with Gasteiger partial charge in [-0.2, -0.15) is 8.42 Å². The number of ether oxygens (including phenoxy) is 5. The zero-order valence-electron chi connectivity index (χ0n) is 46.7.